The highest BCUT2D eigenvalue weighted by Crippen LogP contribution is 2.60. The average molecular weight is 237 g/mol. The maximum Gasteiger partial charge on any atom is 0.240 e. The summed E-state index contributed by atoms with van der Waals surface area (Å²) >= 11 is 0. The Morgan fingerprint density at radius 3 is 2.59 bits per heavy atom. The summed E-state index contributed by atoms with van der Waals surface area (Å²) < 4.78 is 26.5. The molecule has 2 fully saturated rings. The van der Waals surface area contributed by atoms with E-state index in [0.29, 0.717) is 6.42 Å². The van der Waals surface area contributed by atoms with E-state index in [0.717, 1.165) is 17.0 Å². The maximum absolute atomic E-state index is 13.7. The lowest BCUT2D eigenvalue weighted by atomic mass is 9.93. The lowest BCUT2D eigenvalue weighted by Crippen LogP contribution is -2.33. The van der Waals surface area contributed by atoms with Crippen molar-refractivity contribution in [2.24, 2.45) is 5.92 Å². The molecule has 88 valence electrons. The molecule has 2 amide bonds. The van der Waals surface area contributed by atoms with Crippen molar-refractivity contribution in [3.63, 3.8) is 0 Å². The van der Waals surface area contributed by atoms with E-state index in [9.17, 15) is 18.4 Å². The van der Waals surface area contributed by atoms with Gasteiger partial charge in [0.2, 0.25) is 11.8 Å². The molecule has 1 heterocycles. The Kier molecular flexibility index (Phi) is 1.78. The first-order valence-corrected chi connectivity index (χ1v) is 5.26. The van der Waals surface area contributed by atoms with Crippen LogP contribution in [0.3, 0.4) is 0 Å². The van der Waals surface area contributed by atoms with E-state index in [2.05, 4.69) is 0 Å². The van der Waals surface area contributed by atoms with Crippen LogP contribution in [-0.2, 0) is 15.0 Å². The zero-order chi connectivity index (χ0) is 12.4. The Balaban J connectivity index is 2.12. The van der Waals surface area contributed by atoms with Crippen LogP contribution in [0.2, 0.25) is 0 Å². The van der Waals surface area contributed by atoms with Crippen molar-refractivity contribution in [1.82, 2.24) is 4.90 Å². The number of halogens is 2. The number of nitrogens with zero attached hydrogens (tertiary/aromatic N) is 1. The molecule has 3 nitrogen and oxygen atoms in total. The van der Waals surface area contributed by atoms with Crippen LogP contribution < -0.4 is 0 Å². The van der Waals surface area contributed by atoms with Crippen LogP contribution in [0.4, 0.5) is 8.78 Å². The van der Waals surface area contributed by atoms with Crippen molar-refractivity contribution in [2.45, 2.75) is 11.8 Å². The van der Waals surface area contributed by atoms with Crippen molar-refractivity contribution in [3.05, 3.63) is 35.4 Å². The van der Waals surface area contributed by atoms with Gasteiger partial charge >= 0.3 is 0 Å². The van der Waals surface area contributed by atoms with Gasteiger partial charge in [-0.1, -0.05) is 6.07 Å². The van der Waals surface area contributed by atoms with E-state index in [-0.39, 0.29) is 11.5 Å². The van der Waals surface area contributed by atoms with Crippen LogP contribution in [0.5, 0.6) is 0 Å². The minimum absolute atomic E-state index is 0.131. The van der Waals surface area contributed by atoms with Gasteiger partial charge in [0.25, 0.3) is 0 Å². The lowest BCUT2D eigenvalue weighted by molar-refractivity contribution is -0.140. The van der Waals surface area contributed by atoms with E-state index in [1.807, 2.05) is 0 Å². The van der Waals surface area contributed by atoms with Gasteiger partial charge in [-0.05, 0) is 12.5 Å². The Bertz CT molecular complexity index is 557. The van der Waals surface area contributed by atoms with E-state index in [4.69, 9.17) is 0 Å². The van der Waals surface area contributed by atoms with Gasteiger partial charge in [-0.15, -0.1) is 0 Å². The summed E-state index contributed by atoms with van der Waals surface area (Å²) in [6.07, 6.45) is 0.331. The number of imide groups is 1. The van der Waals surface area contributed by atoms with Crippen LogP contribution >= 0.6 is 0 Å². The van der Waals surface area contributed by atoms with E-state index in [1.165, 1.54) is 13.1 Å². The third kappa shape index (κ3) is 1.09. The number of carbonyl (C=O) groups is 2. The molecule has 0 aromatic heterocycles. The van der Waals surface area contributed by atoms with Crippen LogP contribution in [0.1, 0.15) is 12.0 Å². The molecular weight excluding hydrogens is 228 g/mol. The molecule has 3 rings (SSSR count). The molecule has 1 aromatic rings. The first kappa shape index (κ1) is 10.4. The van der Waals surface area contributed by atoms with E-state index >= 15 is 0 Å². The molecule has 1 aliphatic carbocycles. The molecule has 5 heteroatoms. The number of hydrogen-bond donors (Lipinski definition) is 0. The second kappa shape index (κ2) is 2.91. The van der Waals surface area contributed by atoms with Gasteiger partial charge in [-0.25, -0.2) is 8.78 Å². The van der Waals surface area contributed by atoms with Crippen molar-refractivity contribution in [1.29, 1.82) is 0 Å². The summed E-state index contributed by atoms with van der Waals surface area (Å²) in [6.45, 7) is 0. The summed E-state index contributed by atoms with van der Waals surface area (Å²) in [5.74, 6) is -2.59. The van der Waals surface area contributed by atoms with Crippen molar-refractivity contribution in [3.8, 4) is 0 Å². The third-order valence-corrected chi connectivity index (χ3v) is 3.69. The fourth-order valence-electron chi connectivity index (χ4n) is 2.69. The first-order valence-electron chi connectivity index (χ1n) is 5.26. The van der Waals surface area contributed by atoms with Crippen LogP contribution in [0, 0.1) is 17.6 Å². The Morgan fingerprint density at radius 1 is 1.35 bits per heavy atom. The third-order valence-electron chi connectivity index (χ3n) is 3.69. The van der Waals surface area contributed by atoms with Gasteiger partial charge in [0.05, 0.1) is 11.3 Å². The Morgan fingerprint density at radius 2 is 2.06 bits per heavy atom. The highest BCUT2D eigenvalue weighted by atomic mass is 19.1. The molecular formula is C12H9F2NO2. The summed E-state index contributed by atoms with van der Waals surface area (Å²) in [5.41, 5.74) is -0.935. The zero-order valence-corrected chi connectivity index (χ0v) is 9.04. The molecule has 2 unspecified atom stereocenters. The number of carbonyl (C=O) groups excluding carboxylic acids is 2. The highest BCUT2D eigenvalue weighted by Gasteiger charge is 2.72. The van der Waals surface area contributed by atoms with Gasteiger partial charge in [0.1, 0.15) is 11.6 Å². The molecule has 0 bridgehead atoms. The second-order valence-corrected chi connectivity index (χ2v) is 4.55. The minimum atomic E-state index is -1.07. The van der Waals surface area contributed by atoms with Crippen molar-refractivity contribution >= 4 is 11.8 Å². The van der Waals surface area contributed by atoms with Crippen molar-refractivity contribution in [2.75, 3.05) is 7.05 Å². The molecule has 2 aliphatic rings. The van der Waals surface area contributed by atoms with Gasteiger partial charge in [0.15, 0.2) is 0 Å². The lowest BCUT2D eigenvalue weighted by Gasteiger charge is -2.15. The van der Waals surface area contributed by atoms with Crippen LogP contribution in [0.15, 0.2) is 18.2 Å². The number of piperidine rings is 1. The zero-order valence-electron chi connectivity index (χ0n) is 9.04. The van der Waals surface area contributed by atoms with Gasteiger partial charge in [-0.3, -0.25) is 14.5 Å². The largest absolute Gasteiger partial charge is 0.285 e. The molecule has 1 aromatic carbocycles. The number of likely N-dealkylation sites (N-methyl/N-ethyl adjacent to an activating group) is 1. The topological polar surface area (TPSA) is 37.4 Å². The summed E-state index contributed by atoms with van der Waals surface area (Å²) in [5, 5.41) is 0. The van der Waals surface area contributed by atoms with Gasteiger partial charge < -0.3 is 0 Å². The number of rotatable bonds is 1. The normalized spacial score (nSPS) is 30.8. The molecule has 0 radical (unpaired) electrons. The fourth-order valence-corrected chi connectivity index (χ4v) is 2.69. The van der Waals surface area contributed by atoms with Crippen molar-refractivity contribution < 1.29 is 18.4 Å². The minimum Gasteiger partial charge on any atom is -0.285 e. The standard InChI is InChI=1S/C12H9F2NO2/c1-15-10(16)8-5-12(8,11(15)17)7-3-2-6(13)4-9(7)14/h2-4,8H,5H2,1H3. The average Bonchev–Trinajstić information content (AvgIpc) is 2.98. The molecule has 17 heavy (non-hydrogen) atoms. The quantitative estimate of drug-likeness (QED) is 0.689. The molecule has 1 saturated heterocycles. The van der Waals surface area contributed by atoms with E-state index < -0.39 is 28.9 Å². The number of hydrogen-bond acceptors (Lipinski definition) is 2. The smallest absolute Gasteiger partial charge is 0.240 e. The SMILES string of the molecule is CN1C(=O)C2CC2(c2ccc(F)cc2F)C1=O. The predicted molar refractivity (Wildman–Crippen MR) is 53.9 cm³/mol. The molecule has 1 aliphatic heterocycles. The van der Waals surface area contributed by atoms with E-state index in [1.54, 1.807) is 0 Å². The maximum atomic E-state index is 13.7. The molecule has 1 saturated carbocycles. The monoisotopic (exact) mass is 237 g/mol. The molecule has 0 N–H and O–H groups in total. The highest BCUT2D eigenvalue weighted by molar-refractivity contribution is 6.14. The fraction of sp³-hybridized carbons (Fsp3) is 0.333. The van der Waals surface area contributed by atoms with Gasteiger partial charge in [0, 0.05) is 18.7 Å². The summed E-state index contributed by atoms with van der Waals surface area (Å²) in [7, 11) is 1.39. The molecule has 2 atom stereocenters. The Hall–Kier alpha value is -1.78. The number of fused-ring (bicyclic) bond motifs is 1. The summed E-state index contributed by atoms with van der Waals surface area (Å²) in [6, 6.07) is 3.11. The number of likely N-dealkylation sites (tertiary alicyclic amines) is 1. The summed E-state index contributed by atoms with van der Waals surface area (Å²) in [4.78, 5) is 24.6. The Labute approximate surface area is 96.0 Å². The van der Waals surface area contributed by atoms with Crippen LogP contribution in [-0.4, -0.2) is 23.8 Å². The molecule has 0 spiro atoms. The number of amides is 2. The predicted octanol–water partition coefficient (Wildman–Crippen LogP) is 1.22. The first-order chi connectivity index (χ1) is 7.98. The number of benzene rings is 1. The van der Waals surface area contributed by atoms with Gasteiger partial charge in [-0.2, -0.15) is 0 Å². The second-order valence-electron chi connectivity index (χ2n) is 4.55. The van der Waals surface area contributed by atoms with Crippen LogP contribution in [0.25, 0.3) is 0 Å².